The van der Waals surface area contributed by atoms with Gasteiger partial charge in [0.2, 0.25) is 0 Å². The van der Waals surface area contributed by atoms with Crippen LogP contribution in [0.5, 0.6) is 0 Å². The molecule has 1 aromatic rings. The zero-order valence-corrected chi connectivity index (χ0v) is 11.8. The summed E-state index contributed by atoms with van der Waals surface area (Å²) in [4.78, 5) is 27.3. The second kappa shape index (κ2) is 7.05. The van der Waals surface area contributed by atoms with Crippen LogP contribution in [0, 0.1) is 0 Å². The summed E-state index contributed by atoms with van der Waals surface area (Å²) in [6, 6.07) is 9.96. The second-order valence-electron chi connectivity index (χ2n) is 5.00. The van der Waals surface area contributed by atoms with E-state index in [2.05, 4.69) is 5.32 Å². The highest BCUT2D eigenvalue weighted by molar-refractivity contribution is 6.34. The summed E-state index contributed by atoms with van der Waals surface area (Å²) < 4.78 is 0. The summed E-state index contributed by atoms with van der Waals surface area (Å²) in [6.07, 6.45) is 0.762. The first kappa shape index (κ1) is 14.5. The number of hydrogen-bond donors (Lipinski definition) is 1. The second-order valence-corrected chi connectivity index (χ2v) is 5.00. The van der Waals surface area contributed by atoms with Crippen molar-refractivity contribution < 1.29 is 9.59 Å². The summed E-state index contributed by atoms with van der Waals surface area (Å²) in [5, 5.41) is 3.17. The van der Waals surface area contributed by atoms with Crippen LogP contribution < -0.4 is 5.32 Å². The minimum absolute atomic E-state index is 0.387. The third-order valence-electron chi connectivity index (χ3n) is 3.51. The number of rotatable bonds is 3. The molecule has 20 heavy (non-hydrogen) atoms. The molecule has 1 fully saturated rings. The van der Waals surface area contributed by atoms with E-state index >= 15 is 0 Å². The molecule has 0 aliphatic carbocycles. The van der Waals surface area contributed by atoms with Gasteiger partial charge in [-0.1, -0.05) is 30.3 Å². The molecule has 5 heteroatoms. The van der Waals surface area contributed by atoms with Crippen LogP contribution in [-0.2, 0) is 16.0 Å². The Labute approximate surface area is 119 Å². The number of amides is 2. The highest BCUT2D eigenvalue weighted by atomic mass is 16.2. The predicted octanol–water partition coefficient (Wildman–Crippen LogP) is 0.119. The average Bonchev–Trinajstić information content (AvgIpc) is 2.53. The van der Waals surface area contributed by atoms with Crippen molar-refractivity contribution in [3.8, 4) is 0 Å². The van der Waals surface area contributed by atoms with E-state index in [9.17, 15) is 9.59 Å². The third-order valence-corrected chi connectivity index (χ3v) is 3.51. The van der Waals surface area contributed by atoms with Gasteiger partial charge >= 0.3 is 11.8 Å². The summed E-state index contributed by atoms with van der Waals surface area (Å²) >= 11 is 0. The van der Waals surface area contributed by atoms with Crippen LogP contribution in [0.1, 0.15) is 5.56 Å². The molecule has 0 aromatic heterocycles. The molecule has 1 heterocycles. The Morgan fingerprint density at radius 2 is 1.85 bits per heavy atom. The minimum Gasteiger partial charge on any atom is -0.337 e. The molecule has 1 N–H and O–H groups in total. The van der Waals surface area contributed by atoms with Crippen molar-refractivity contribution in [2.24, 2.45) is 0 Å². The number of carbonyl (C=O) groups excluding carboxylic acids is 2. The quantitative estimate of drug-likeness (QED) is 0.797. The Morgan fingerprint density at radius 1 is 1.20 bits per heavy atom. The molecule has 1 saturated heterocycles. The predicted molar refractivity (Wildman–Crippen MR) is 77.2 cm³/mol. The molecule has 0 bridgehead atoms. The van der Waals surface area contributed by atoms with Crippen molar-refractivity contribution in [3.63, 3.8) is 0 Å². The van der Waals surface area contributed by atoms with Gasteiger partial charge in [-0.15, -0.1) is 0 Å². The minimum atomic E-state index is -0.414. The van der Waals surface area contributed by atoms with Crippen LogP contribution in [0.3, 0.4) is 0 Å². The number of nitrogens with zero attached hydrogens (tertiary/aromatic N) is 2. The van der Waals surface area contributed by atoms with Crippen LogP contribution >= 0.6 is 0 Å². The Bertz CT molecular complexity index is 455. The van der Waals surface area contributed by atoms with Crippen LogP contribution in [0.2, 0.25) is 0 Å². The SMILES string of the molecule is CN(CCc1ccccc1)C(=O)C(=O)N1CCNCC1. The molecule has 1 aromatic carbocycles. The van der Waals surface area contributed by atoms with Gasteiger partial charge in [-0.25, -0.2) is 0 Å². The van der Waals surface area contributed by atoms with Crippen LogP contribution in [0.15, 0.2) is 30.3 Å². The van der Waals surface area contributed by atoms with Gasteiger partial charge in [0.1, 0.15) is 0 Å². The van der Waals surface area contributed by atoms with Crippen LogP contribution in [0.25, 0.3) is 0 Å². The Hall–Kier alpha value is -1.88. The maximum atomic E-state index is 12.1. The van der Waals surface area contributed by atoms with E-state index in [1.807, 2.05) is 30.3 Å². The summed E-state index contributed by atoms with van der Waals surface area (Å²) in [7, 11) is 1.69. The van der Waals surface area contributed by atoms with Crippen molar-refractivity contribution in [1.82, 2.24) is 15.1 Å². The zero-order chi connectivity index (χ0) is 14.4. The van der Waals surface area contributed by atoms with E-state index in [0.29, 0.717) is 19.6 Å². The van der Waals surface area contributed by atoms with E-state index < -0.39 is 5.91 Å². The summed E-state index contributed by atoms with van der Waals surface area (Å²) in [5.74, 6) is -0.801. The van der Waals surface area contributed by atoms with Gasteiger partial charge in [0.15, 0.2) is 0 Å². The Balaban J connectivity index is 1.83. The largest absolute Gasteiger partial charge is 0.337 e. The van der Waals surface area contributed by atoms with Crippen LogP contribution in [-0.4, -0.2) is 61.4 Å². The standard InChI is InChI=1S/C15H21N3O2/c1-17(10-7-13-5-3-2-4-6-13)14(19)15(20)18-11-8-16-9-12-18/h2-6,16H,7-12H2,1H3. The summed E-state index contributed by atoms with van der Waals surface area (Å²) in [5.41, 5.74) is 1.17. The molecule has 0 saturated carbocycles. The third kappa shape index (κ3) is 3.81. The molecule has 0 spiro atoms. The lowest BCUT2D eigenvalue weighted by Crippen LogP contribution is -2.51. The number of hydrogen-bond acceptors (Lipinski definition) is 3. The lowest BCUT2D eigenvalue weighted by molar-refractivity contribution is -0.151. The molecular formula is C15H21N3O2. The Kier molecular flexibility index (Phi) is 5.12. The first-order valence-corrected chi connectivity index (χ1v) is 6.97. The smallest absolute Gasteiger partial charge is 0.312 e. The van der Waals surface area contributed by atoms with E-state index in [1.54, 1.807) is 11.9 Å². The molecular weight excluding hydrogens is 254 g/mol. The fourth-order valence-corrected chi connectivity index (χ4v) is 2.21. The van der Waals surface area contributed by atoms with Crippen molar-refractivity contribution in [3.05, 3.63) is 35.9 Å². The van der Waals surface area contributed by atoms with E-state index in [0.717, 1.165) is 19.5 Å². The van der Waals surface area contributed by atoms with Gasteiger partial charge in [-0.05, 0) is 12.0 Å². The fourth-order valence-electron chi connectivity index (χ4n) is 2.21. The van der Waals surface area contributed by atoms with Crippen molar-refractivity contribution in [1.29, 1.82) is 0 Å². The maximum Gasteiger partial charge on any atom is 0.312 e. The van der Waals surface area contributed by atoms with Gasteiger partial charge in [-0.2, -0.15) is 0 Å². The molecule has 0 radical (unpaired) electrons. The number of carbonyl (C=O) groups is 2. The number of likely N-dealkylation sites (N-methyl/N-ethyl adjacent to an activating group) is 1. The lowest BCUT2D eigenvalue weighted by Gasteiger charge is -2.28. The van der Waals surface area contributed by atoms with Gasteiger partial charge in [0, 0.05) is 39.8 Å². The number of nitrogens with one attached hydrogen (secondary N) is 1. The molecule has 2 amide bonds. The molecule has 2 rings (SSSR count). The molecule has 0 atom stereocenters. The van der Waals surface area contributed by atoms with Gasteiger partial charge in [0.05, 0.1) is 0 Å². The number of benzene rings is 1. The molecule has 1 aliphatic rings. The van der Waals surface area contributed by atoms with E-state index in [-0.39, 0.29) is 5.91 Å². The van der Waals surface area contributed by atoms with Crippen LogP contribution in [0.4, 0.5) is 0 Å². The van der Waals surface area contributed by atoms with Crippen molar-refractivity contribution >= 4 is 11.8 Å². The van der Waals surface area contributed by atoms with Gasteiger partial charge in [0.25, 0.3) is 0 Å². The van der Waals surface area contributed by atoms with Crippen molar-refractivity contribution in [2.45, 2.75) is 6.42 Å². The fraction of sp³-hybridized carbons (Fsp3) is 0.467. The monoisotopic (exact) mass is 275 g/mol. The first-order chi connectivity index (χ1) is 9.68. The lowest BCUT2D eigenvalue weighted by atomic mass is 10.1. The first-order valence-electron chi connectivity index (χ1n) is 6.97. The van der Waals surface area contributed by atoms with Gasteiger partial charge < -0.3 is 15.1 Å². The Morgan fingerprint density at radius 3 is 2.50 bits per heavy atom. The normalized spacial score (nSPS) is 14.9. The molecule has 0 unspecified atom stereocenters. The van der Waals surface area contributed by atoms with E-state index in [4.69, 9.17) is 0 Å². The van der Waals surface area contributed by atoms with Crippen molar-refractivity contribution in [2.75, 3.05) is 39.8 Å². The van der Waals surface area contributed by atoms with E-state index in [1.165, 1.54) is 10.5 Å². The highest BCUT2D eigenvalue weighted by Gasteiger charge is 2.25. The average molecular weight is 275 g/mol. The highest BCUT2D eigenvalue weighted by Crippen LogP contribution is 2.02. The maximum absolute atomic E-state index is 12.1. The zero-order valence-electron chi connectivity index (χ0n) is 11.8. The van der Waals surface area contributed by atoms with Gasteiger partial charge in [-0.3, -0.25) is 9.59 Å². The number of piperazine rings is 1. The molecule has 5 nitrogen and oxygen atoms in total. The molecule has 1 aliphatic heterocycles. The topological polar surface area (TPSA) is 52.7 Å². The summed E-state index contributed by atoms with van der Waals surface area (Å²) in [6.45, 7) is 3.29. The molecule has 108 valence electrons.